The van der Waals surface area contributed by atoms with Crippen molar-refractivity contribution in [1.29, 1.82) is 0 Å². The topological polar surface area (TPSA) is 94.0 Å². The van der Waals surface area contributed by atoms with E-state index in [2.05, 4.69) is 10.1 Å². The van der Waals surface area contributed by atoms with Gasteiger partial charge < -0.3 is 9.15 Å². The van der Waals surface area contributed by atoms with Crippen LogP contribution in [0.3, 0.4) is 0 Å². The summed E-state index contributed by atoms with van der Waals surface area (Å²) in [5, 5.41) is 19.2. The Morgan fingerprint density at radius 1 is 1.43 bits per heavy atom. The molecule has 2 aromatic rings. The summed E-state index contributed by atoms with van der Waals surface area (Å²) in [6.45, 7) is 2.88. The molecule has 1 saturated heterocycles. The summed E-state index contributed by atoms with van der Waals surface area (Å²) in [6.07, 6.45) is 1.67. The molecule has 3 heterocycles. The molecular formula is C12H12N4O4S. The van der Waals surface area contributed by atoms with Crippen molar-refractivity contribution in [2.75, 3.05) is 26.3 Å². The zero-order valence-electron chi connectivity index (χ0n) is 11.0. The van der Waals surface area contributed by atoms with Gasteiger partial charge in [-0.3, -0.25) is 15.1 Å². The van der Waals surface area contributed by atoms with Gasteiger partial charge in [-0.1, -0.05) is 0 Å². The van der Waals surface area contributed by atoms with Crippen LogP contribution in [0.1, 0.15) is 5.69 Å². The first-order chi connectivity index (χ1) is 10.2. The van der Waals surface area contributed by atoms with Gasteiger partial charge in [0, 0.05) is 5.38 Å². The highest BCUT2D eigenvalue weighted by Crippen LogP contribution is 2.28. The fourth-order valence-corrected chi connectivity index (χ4v) is 2.54. The van der Waals surface area contributed by atoms with Crippen molar-refractivity contribution in [2.45, 2.75) is 0 Å². The van der Waals surface area contributed by atoms with Crippen molar-refractivity contribution in [3.05, 3.63) is 33.3 Å². The van der Waals surface area contributed by atoms with Gasteiger partial charge in [-0.2, -0.15) is 5.10 Å². The number of furan rings is 1. The zero-order chi connectivity index (χ0) is 14.7. The third-order valence-corrected chi connectivity index (χ3v) is 3.72. The van der Waals surface area contributed by atoms with E-state index in [0.717, 1.165) is 13.1 Å². The fraction of sp³-hybridized carbons (Fsp3) is 0.333. The molecule has 0 amide bonds. The van der Waals surface area contributed by atoms with Gasteiger partial charge in [0.15, 0.2) is 10.8 Å². The molecule has 0 atom stereocenters. The van der Waals surface area contributed by atoms with E-state index in [0.29, 0.717) is 29.7 Å². The largest absolute Gasteiger partial charge is 0.433 e. The van der Waals surface area contributed by atoms with Gasteiger partial charge in [-0.15, -0.1) is 11.3 Å². The molecule has 8 nitrogen and oxygen atoms in total. The maximum Gasteiger partial charge on any atom is 0.433 e. The number of thiazole rings is 1. The van der Waals surface area contributed by atoms with Crippen LogP contribution in [0.15, 0.2) is 27.0 Å². The summed E-state index contributed by atoms with van der Waals surface area (Å²) in [7, 11) is 0. The Kier molecular flexibility index (Phi) is 3.93. The van der Waals surface area contributed by atoms with E-state index < -0.39 is 4.92 Å². The third kappa shape index (κ3) is 3.26. The summed E-state index contributed by atoms with van der Waals surface area (Å²) >= 11 is 1.35. The molecule has 0 N–H and O–H groups in total. The molecule has 3 rings (SSSR count). The molecule has 0 radical (unpaired) electrons. The van der Waals surface area contributed by atoms with Gasteiger partial charge in [-0.25, -0.2) is 4.98 Å². The monoisotopic (exact) mass is 308 g/mol. The number of hydrogen-bond acceptors (Lipinski definition) is 8. The van der Waals surface area contributed by atoms with Gasteiger partial charge in [0.25, 0.3) is 0 Å². The lowest BCUT2D eigenvalue weighted by Gasteiger charge is -2.23. The predicted octanol–water partition coefficient (Wildman–Crippen LogP) is 1.98. The molecule has 0 saturated carbocycles. The minimum atomic E-state index is -0.572. The summed E-state index contributed by atoms with van der Waals surface area (Å²) in [6, 6.07) is 2.86. The first-order valence-electron chi connectivity index (χ1n) is 6.29. The van der Waals surface area contributed by atoms with E-state index in [4.69, 9.17) is 9.15 Å². The van der Waals surface area contributed by atoms with Gasteiger partial charge >= 0.3 is 5.88 Å². The van der Waals surface area contributed by atoms with E-state index >= 15 is 0 Å². The second-order valence-electron chi connectivity index (χ2n) is 4.28. The zero-order valence-corrected chi connectivity index (χ0v) is 11.8. The highest BCUT2D eigenvalue weighted by atomic mass is 32.1. The molecule has 0 bridgehead atoms. The number of ether oxygens (including phenoxy) is 1. The fourth-order valence-electron chi connectivity index (χ4n) is 1.81. The number of nitrogens with zero attached hydrogens (tertiary/aromatic N) is 4. The van der Waals surface area contributed by atoms with Crippen LogP contribution in [0, 0.1) is 10.1 Å². The SMILES string of the molecule is O=[N+]([O-])c1ccc(-c2nc(/C=N/N3CCOCC3)cs2)o1. The Bertz CT molecular complexity index is 660. The molecule has 1 aliphatic heterocycles. The van der Waals surface area contributed by atoms with Crippen molar-refractivity contribution >= 4 is 23.4 Å². The summed E-state index contributed by atoms with van der Waals surface area (Å²) < 4.78 is 10.4. The van der Waals surface area contributed by atoms with E-state index in [1.165, 1.54) is 17.4 Å². The van der Waals surface area contributed by atoms with Gasteiger partial charge in [-0.05, 0) is 6.07 Å². The highest BCUT2D eigenvalue weighted by molar-refractivity contribution is 7.13. The molecule has 0 aromatic carbocycles. The van der Waals surface area contributed by atoms with Crippen molar-refractivity contribution in [1.82, 2.24) is 9.99 Å². The van der Waals surface area contributed by atoms with Crippen molar-refractivity contribution < 1.29 is 14.1 Å². The second kappa shape index (κ2) is 6.02. The smallest absolute Gasteiger partial charge is 0.398 e. The Hall–Kier alpha value is -2.26. The van der Waals surface area contributed by atoms with Gasteiger partial charge in [0.1, 0.15) is 4.92 Å². The molecule has 9 heteroatoms. The summed E-state index contributed by atoms with van der Waals surface area (Å²) in [4.78, 5) is 14.3. The standard InChI is InChI=1S/C12H12N4O4S/c17-16(18)11-2-1-10(20-11)12-14-9(8-21-12)7-13-15-3-5-19-6-4-15/h1-2,7-8H,3-6H2/b13-7+. The maximum atomic E-state index is 10.6. The number of nitro groups is 1. The number of hydrazone groups is 1. The molecule has 0 aliphatic carbocycles. The number of aromatic nitrogens is 1. The Morgan fingerprint density at radius 3 is 2.95 bits per heavy atom. The quantitative estimate of drug-likeness (QED) is 0.487. The van der Waals surface area contributed by atoms with Crippen molar-refractivity contribution in [2.24, 2.45) is 5.10 Å². The first-order valence-corrected chi connectivity index (χ1v) is 7.17. The Morgan fingerprint density at radius 2 is 2.24 bits per heavy atom. The average Bonchev–Trinajstić information content (AvgIpc) is 3.15. The third-order valence-electron chi connectivity index (χ3n) is 2.85. The van der Waals surface area contributed by atoms with E-state index in [-0.39, 0.29) is 5.88 Å². The van der Waals surface area contributed by atoms with Crippen molar-refractivity contribution in [3.8, 4) is 10.8 Å². The summed E-state index contributed by atoms with van der Waals surface area (Å²) in [5.41, 5.74) is 0.695. The van der Waals surface area contributed by atoms with Crippen molar-refractivity contribution in [3.63, 3.8) is 0 Å². The molecule has 110 valence electrons. The van der Waals surface area contributed by atoms with Crippen LogP contribution in [-0.4, -0.2) is 47.4 Å². The highest BCUT2D eigenvalue weighted by Gasteiger charge is 2.15. The maximum absolute atomic E-state index is 10.6. The van der Waals surface area contributed by atoms with Crippen LogP contribution >= 0.6 is 11.3 Å². The average molecular weight is 308 g/mol. The van der Waals surface area contributed by atoms with Crippen LogP contribution in [0.4, 0.5) is 5.88 Å². The van der Waals surface area contributed by atoms with Crippen LogP contribution in [0.5, 0.6) is 0 Å². The molecule has 1 aliphatic rings. The van der Waals surface area contributed by atoms with E-state index in [1.807, 2.05) is 10.4 Å². The molecule has 21 heavy (non-hydrogen) atoms. The summed E-state index contributed by atoms with van der Waals surface area (Å²) in [5.74, 6) is 0.0986. The minimum absolute atomic E-state index is 0.288. The lowest BCUT2D eigenvalue weighted by atomic mass is 10.4. The molecule has 1 fully saturated rings. The Balaban J connectivity index is 1.70. The second-order valence-corrected chi connectivity index (χ2v) is 5.14. The van der Waals surface area contributed by atoms with Gasteiger partial charge in [0.2, 0.25) is 0 Å². The Labute approximate surface area is 123 Å². The van der Waals surface area contributed by atoms with Gasteiger partial charge in [0.05, 0.1) is 44.3 Å². The predicted molar refractivity (Wildman–Crippen MR) is 76.5 cm³/mol. The lowest BCUT2D eigenvalue weighted by molar-refractivity contribution is -0.401. The lowest BCUT2D eigenvalue weighted by Crippen LogP contribution is -2.32. The van der Waals surface area contributed by atoms with Crippen LogP contribution in [-0.2, 0) is 4.74 Å². The van der Waals surface area contributed by atoms with E-state index in [1.54, 1.807) is 12.3 Å². The molecule has 0 spiro atoms. The van der Waals surface area contributed by atoms with Crippen LogP contribution in [0.25, 0.3) is 10.8 Å². The number of hydrogen-bond donors (Lipinski definition) is 0. The normalized spacial score (nSPS) is 15.7. The van der Waals surface area contributed by atoms with Crippen LogP contribution < -0.4 is 0 Å². The molecule has 0 unspecified atom stereocenters. The minimum Gasteiger partial charge on any atom is -0.398 e. The molecular weight excluding hydrogens is 296 g/mol. The number of rotatable bonds is 4. The first kappa shape index (κ1) is 13.7. The molecule has 2 aromatic heterocycles. The van der Waals surface area contributed by atoms with E-state index in [9.17, 15) is 10.1 Å². The van der Waals surface area contributed by atoms with Crippen LogP contribution in [0.2, 0.25) is 0 Å². The number of morpholine rings is 1.